The minimum absolute atomic E-state index is 0.0975. The third-order valence-electron chi connectivity index (χ3n) is 3.36. The number of carbonyl (C=O) groups excluding carboxylic acids is 1. The van der Waals surface area contributed by atoms with E-state index in [1.807, 2.05) is 0 Å². The standard InChI is InChI=1S/C14H17N3OS/c1-8-5-11-12(6-9(8)2)17-14(16-11)19-7-13(18)15-10-3-4-10/h5-6,10H,3-4,7H2,1-2H3,(H,15,18)(H,16,17). The first-order valence-electron chi connectivity index (χ1n) is 6.51. The van der Waals surface area contributed by atoms with Crippen LogP contribution in [0.15, 0.2) is 17.3 Å². The fourth-order valence-corrected chi connectivity index (χ4v) is 2.64. The van der Waals surface area contributed by atoms with E-state index < -0.39 is 0 Å². The van der Waals surface area contributed by atoms with Gasteiger partial charge in [-0.05, 0) is 49.9 Å². The molecule has 0 bridgehead atoms. The fourth-order valence-electron chi connectivity index (χ4n) is 1.95. The molecule has 0 aliphatic heterocycles. The highest BCUT2D eigenvalue weighted by Gasteiger charge is 2.23. The summed E-state index contributed by atoms with van der Waals surface area (Å²) in [4.78, 5) is 19.4. The van der Waals surface area contributed by atoms with Gasteiger partial charge >= 0.3 is 0 Å². The molecule has 1 heterocycles. The predicted molar refractivity (Wildman–Crippen MR) is 77.5 cm³/mol. The zero-order chi connectivity index (χ0) is 13.4. The molecule has 19 heavy (non-hydrogen) atoms. The molecule has 1 fully saturated rings. The average Bonchev–Trinajstić information content (AvgIpc) is 3.08. The second-order valence-corrected chi connectivity index (χ2v) is 6.09. The molecule has 4 nitrogen and oxygen atoms in total. The minimum atomic E-state index is 0.0975. The number of aryl methyl sites for hydroxylation is 2. The summed E-state index contributed by atoms with van der Waals surface area (Å²) >= 11 is 1.46. The van der Waals surface area contributed by atoms with Crippen molar-refractivity contribution in [2.24, 2.45) is 0 Å². The first-order chi connectivity index (χ1) is 9.11. The van der Waals surface area contributed by atoms with Gasteiger partial charge in [-0.3, -0.25) is 4.79 Å². The fraction of sp³-hybridized carbons (Fsp3) is 0.429. The lowest BCUT2D eigenvalue weighted by molar-refractivity contribution is -0.118. The molecule has 5 heteroatoms. The monoisotopic (exact) mass is 275 g/mol. The highest BCUT2D eigenvalue weighted by molar-refractivity contribution is 7.99. The van der Waals surface area contributed by atoms with E-state index in [9.17, 15) is 4.79 Å². The maximum atomic E-state index is 11.6. The molecule has 1 aromatic heterocycles. The lowest BCUT2D eigenvalue weighted by Crippen LogP contribution is -2.27. The van der Waals surface area contributed by atoms with Gasteiger partial charge in [-0.25, -0.2) is 4.98 Å². The Morgan fingerprint density at radius 2 is 2.16 bits per heavy atom. The molecule has 1 aromatic carbocycles. The van der Waals surface area contributed by atoms with Crippen molar-refractivity contribution in [2.75, 3.05) is 5.75 Å². The number of hydrogen-bond acceptors (Lipinski definition) is 3. The van der Waals surface area contributed by atoms with E-state index in [4.69, 9.17) is 0 Å². The molecule has 100 valence electrons. The van der Waals surface area contributed by atoms with Gasteiger partial charge in [0.2, 0.25) is 5.91 Å². The Kier molecular flexibility index (Phi) is 3.22. The van der Waals surface area contributed by atoms with Crippen LogP contribution in [0.4, 0.5) is 0 Å². The molecule has 3 rings (SSSR count). The molecule has 1 saturated carbocycles. The van der Waals surface area contributed by atoms with Crippen LogP contribution in [0.3, 0.4) is 0 Å². The van der Waals surface area contributed by atoms with Crippen LogP contribution in [0, 0.1) is 13.8 Å². The first-order valence-corrected chi connectivity index (χ1v) is 7.49. The second-order valence-electron chi connectivity index (χ2n) is 5.13. The van der Waals surface area contributed by atoms with Gasteiger partial charge in [0.05, 0.1) is 16.8 Å². The van der Waals surface area contributed by atoms with Gasteiger partial charge in [0.1, 0.15) is 0 Å². The molecule has 1 aliphatic carbocycles. The van der Waals surface area contributed by atoms with Gasteiger partial charge in [-0.1, -0.05) is 11.8 Å². The van der Waals surface area contributed by atoms with Crippen molar-refractivity contribution in [3.05, 3.63) is 23.3 Å². The second kappa shape index (κ2) is 4.89. The van der Waals surface area contributed by atoms with Crippen molar-refractivity contribution in [1.82, 2.24) is 15.3 Å². The van der Waals surface area contributed by atoms with Crippen molar-refractivity contribution in [3.63, 3.8) is 0 Å². The van der Waals surface area contributed by atoms with Crippen LogP contribution >= 0.6 is 11.8 Å². The van der Waals surface area contributed by atoms with Crippen LogP contribution in [-0.4, -0.2) is 27.7 Å². The molecule has 0 spiro atoms. The molecule has 1 aliphatic rings. The third kappa shape index (κ3) is 2.92. The van der Waals surface area contributed by atoms with Gasteiger partial charge in [0, 0.05) is 6.04 Å². The topological polar surface area (TPSA) is 57.8 Å². The molecular formula is C14H17N3OS. The van der Waals surface area contributed by atoms with Gasteiger partial charge in [0.15, 0.2) is 5.16 Å². The van der Waals surface area contributed by atoms with E-state index >= 15 is 0 Å². The number of H-pyrrole nitrogens is 1. The number of rotatable bonds is 4. The maximum Gasteiger partial charge on any atom is 0.230 e. The zero-order valence-electron chi connectivity index (χ0n) is 11.1. The van der Waals surface area contributed by atoms with E-state index in [0.29, 0.717) is 11.8 Å². The van der Waals surface area contributed by atoms with Crippen molar-refractivity contribution in [1.29, 1.82) is 0 Å². The Morgan fingerprint density at radius 1 is 1.42 bits per heavy atom. The lowest BCUT2D eigenvalue weighted by Gasteiger charge is -2.00. The molecule has 0 unspecified atom stereocenters. The van der Waals surface area contributed by atoms with Gasteiger partial charge < -0.3 is 10.3 Å². The van der Waals surface area contributed by atoms with Crippen molar-refractivity contribution >= 4 is 28.7 Å². The zero-order valence-corrected chi connectivity index (χ0v) is 11.9. The van der Waals surface area contributed by atoms with E-state index in [1.54, 1.807) is 0 Å². The summed E-state index contributed by atoms with van der Waals surface area (Å²) in [7, 11) is 0. The predicted octanol–water partition coefficient (Wildman–Crippen LogP) is 2.55. The van der Waals surface area contributed by atoms with Crippen LogP contribution in [0.25, 0.3) is 11.0 Å². The number of aromatic nitrogens is 2. The third-order valence-corrected chi connectivity index (χ3v) is 4.23. The molecule has 0 saturated heterocycles. The van der Waals surface area contributed by atoms with Gasteiger partial charge in [0.25, 0.3) is 0 Å². The number of fused-ring (bicyclic) bond motifs is 1. The molecule has 1 amide bonds. The first kappa shape index (κ1) is 12.5. The summed E-state index contributed by atoms with van der Waals surface area (Å²) in [6.07, 6.45) is 2.25. The summed E-state index contributed by atoms with van der Waals surface area (Å²) in [5.41, 5.74) is 4.49. The Hall–Kier alpha value is -1.49. The largest absolute Gasteiger partial charge is 0.353 e. The van der Waals surface area contributed by atoms with Crippen molar-refractivity contribution in [2.45, 2.75) is 37.9 Å². The minimum Gasteiger partial charge on any atom is -0.353 e. The smallest absolute Gasteiger partial charge is 0.230 e. The van der Waals surface area contributed by atoms with Crippen LogP contribution in [-0.2, 0) is 4.79 Å². The number of nitrogens with one attached hydrogen (secondary N) is 2. The van der Waals surface area contributed by atoms with Gasteiger partial charge in [-0.2, -0.15) is 0 Å². The van der Waals surface area contributed by atoms with Crippen LogP contribution in [0.5, 0.6) is 0 Å². The number of nitrogens with zero attached hydrogens (tertiary/aromatic N) is 1. The maximum absolute atomic E-state index is 11.6. The van der Waals surface area contributed by atoms with Crippen molar-refractivity contribution < 1.29 is 4.79 Å². The quantitative estimate of drug-likeness (QED) is 0.843. The number of amides is 1. The Labute approximate surface area is 116 Å². The number of imidazole rings is 1. The van der Waals surface area contributed by atoms with E-state index in [0.717, 1.165) is 29.0 Å². The molecular weight excluding hydrogens is 258 g/mol. The number of benzene rings is 1. The van der Waals surface area contributed by atoms with E-state index in [2.05, 4.69) is 41.3 Å². The molecule has 2 N–H and O–H groups in total. The summed E-state index contributed by atoms with van der Waals surface area (Å²) in [5, 5.41) is 3.79. The van der Waals surface area contributed by atoms with Crippen LogP contribution < -0.4 is 5.32 Å². The van der Waals surface area contributed by atoms with Crippen LogP contribution in [0.1, 0.15) is 24.0 Å². The highest BCUT2D eigenvalue weighted by atomic mass is 32.2. The number of carbonyl (C=O) groups is 1. The Bertz CT molecular complexity index is 592. The van der Waals surface area contributed by atoms with E-state index in [-0.39, 0.29) is 5.91 Å². The SMILES string of the molecule is Cc1cc2nc(SCC(=O)NC3CC3)[nH]c2cc1C. The summed E-state index contributed by atoms with van der Waals surface area (Å²) in [5.74, 6) is 0.522. The summed E-state index contributed by atoms with van der Waals surface area (Å²) in [6.45, 7) is 4.17. The van der Waals surface area contributed by atoms with Crippen molar-refractivity contribution in [3.8, 4) is 0 Å². The lowest BCUT2D eigenvalue weighted by atomic mass is 10.1. The normalized spacial score (nSPS) is 14.8. The Balaban J connectivity index is 1.68. The molecule has 0 radical (unpaired) electrons. The number of hydrogen-bond donors (Lipinski definition) is 2. The van der Waals surface area contributed by atoms with E-state index in [1.165, 1.54) is 22.9 Å². The van der Waals surface area contributed by atoms with Crippen LogP contribution in [0.2, 0.25) is 0 Å². The number of aromatic amines is 1. The summed E-state index contributed by atoms with van der Waals surface area (Å²) in [6, 6.07) is 4.61. The average molecular weight is 275 g/mol. The summed E-state index contributed by atoms with van der Waals surface area (Å²) < 4.78 is 0. The molecule has 0 atom stereocenters. The highest BCUT2D eigenvalue weighted by Crippen LogP contribution is 2.23. The van der Waals surface area contributed by atoms with Gasteiger partial charge in [-0.15, -0.1) is 0 Å². The Morgan fingerprint density at radius 3 is 2.89 bits per heavy atom. The molecule has 2 aromatic rings. The number of thioether (sulfide) groups is 1.